The molecule has 1 aromatic rings. The van der Waals surface area contributed by atoms with E-state index in [1.54, 1.807) is 12.1 Å². The summed E-state index contributed by atoms with van der Waals surface area (Å²) in [5, 5.41) is 0. The summed E-state index contributed by atoms with van der Waals surface area (Å²) in [4.78, 5) is 15.4. The highest BCUT2D eigenvalue weighted by atomic mass is 19.1. The fourth-order valence-electron chi connectivity index (χ4n) is 2.80. The molecule has 0 unspecified atom stereocenters. The predicted octanol–water partition coefficient (Wildman–Crippen LogP) is 2.56. The minimum absolute atomic E-state index is 0.304. The molecule has 0 aromatic heterocycles. The maximum Gasteiger partial charge on any atom is 0.152 e. The van der Waals surface area contributed by atoms with E-state index < -0.39 is 0 Å². The van der Waals surface area contributed by atoms with Gasteiger partial charge in [-0.15, -0.1) is 0 Å². The van der Waals surface area contributed by atoms with Gasteiger partial charge < -0.3 is 9.80 Å². The van der Waals surface area contributed by atoms with Crippen LogP contribution in [0.1, 0.15) is 30.1 Å². The summed E-state index contributed by atoms with van der Waals surface area (Å²) < 4.78 is 14.0. The predicted molar refractivity (Wildman–Crippen MR) is 75.3 cm³/mol. The van der Waals surface area contributed by atoms with Gasteiger partial charge in [0.2, 0.25) is 0 Å². The summed E-state index contributed by atoms with van der Waals surface area (Å²) in [6, 6.07) is 4.97. The van der Waals surface area contributed by atoms with Gasteiger partial charge in [-0.1, -0.05) is 13.0 Å². The first kappa shape index (κ1) is 14.0. The summed E-state index contributed by atoms with van der Waals surface area (Å²) in [6.07, 6.45) is 2.75. The number of anilines is 1. The first-order valence-corrected chi connectivity index (χ1v) is 6.86. The van der Waals surface area contributed by atoms with Crippen LogP contribution in [0.2, 0.25) is 0 Å². The molecule has 0 bridgehead atoms. The van der Waals surface area contributed by atoms with Crippen LogP contribution < -0.4 is 4.90 Å². The maximum atomic E-state index is 14.0. The molecule has 0 aliphatic carbocycles. The van der Waals surface area contributed by atoms with E-state index >= 15 is 0 Å². The van der Waals surface area contributed by atoms with Crippen molar-refractivity contribution in [1.82, 2.24) is 4.90 Å². The van der Waals surface area contributed by atoms with Crippen molar-refractivity contribution in [3.63, 3.8) is 0 Å². The fraction of sp³-hybridized carbons (Fsp3) is 0.533. The van der Waals surface area contributed by atoms with Crippen LogP contribution in [0.25, 0.3) is 0 Å². The van der Waals surface area contributed by atoms with Gasteiger partial charge in [-0.25, -0.2) is 4.39 Å². The molecule has 104 valence electrons. The van der Waals surface area contributed by atoms with Crippen molar-refractivity contribution in [2.24, 2.45) is 0 Å². The van der Waals surface area contributed by atoms with Crippen molar-refractivity contribution in [3.8, 4) is 0 Å². The zero-order chi connectivity index (χ0) is 13.8. The second kappa shape index (κ2) is 6.15. The van der Waals surface area contributed by atoms with E-state index in [0.29, 0.717) is 17.3 Å². The lowest BCUT2D eigenvalue weighted by atomic mass is 10.0. The minimum Gasteiger partial charge on any atom is -0.369 e. The zero-order valence-electron chi connectivity index (χ0n) is 11.6. The number of para-hydroxylation sites is 1. The van der Waals surface area contributed by atoms with Crippen LogP contribution in [-0.4, -0.2) is 43.9 Å². The standard InChI is InChI=1S/C15H21FN2O/c1-3-18-9-7-13(8-10-18)17(2)15-12(11-19)5-4-6-14(15)16/h4-6,11,13H,3,7-10H2,1-2H3. The molecular weight excluding hydrogens is 243 g/mol. The Morgan fingerprint density at radius 2 is 2.11 bits per heavy atom. The topological polar surface area (TPSA) is 23.6 Å². The van der Waals surface area contributed by atoms with Gasteiger partial charge in [-0.05, 0) is 31.5 Å². The summed E-state index contributed by atoms with van der Waals surface area (Å²) in [5.74, 6) is -0.315. The van der Waals surface area contributed by atoms with Crippen LogP contribution in [0.4, 0.5) is 10.1 Å². The summed E-state index contributed by atoms with van der Waals surface area (Å²) in [7, 11) is 1.89. The molecule has 0 N–H and O–H groups in total. The van der Waals surface area contributed by atoms with Crippen LogP contribution in [0.15, 0.2) is 18.2 Å². The number of carbonyl (C=O) groups excluding carboxylic acids is 1. The molecule has 0 spiro atoms. The smallest absolute Gasteiger partial charge is 0.152 e. The van der Waals surface area contributed by atoms with E-state index in [0.717, 1.165) is 38.8 Å². The molecule has 1 aromatic carbocycles. The largest absolute Gasteiger partial charge is 0.369 e. The summed E-state index contributed by atoms with van der Waals surface area (Å²) in [5.41, 5.74) is 0.868. The Kier molecular flexibility index (Phi) is 4.53. The zero-order valence-corrected chi connectivity index (χ0v) is 11.6. The maximum absolute atomic E-state index is 14.0. The van der Waals surface area contributed by atoms with Gasteiger partial charge in [-0.3, -0.25) is 4.79 Å². The molecule has 0 atom stereocenters. The van der Waals surface area contributed by atoms with Crippen molar-refractivity contribution in [3.05, 3.63) is 29.6 Å². The SMILES string of the molecule is CCN1CCC(N(C)c2c(F)cccc2C=O)CC1. The number of piperidine rings is 1. The Morgan fingerprint density at radius 3 is 2.68 bits per heavy atom. The van der Waals surface area contributed by atoms with E-state index in [1.165, 1.54) is 6.07 Å². The molecular formula is C15H21FN2O. The number of halogens is 1. The van der Waals surface area contributed by atoms with E-state index in [-0.39, 0.29) is 5.82 Å². The minimum atomic E-state index is -0.315. The van der Waals surface area contributed by atoms with Gasteiger partial charge >= 0.3 is 0 Å². The molecule has 19 heavy (non-hydrogen) atoms. The normalized spacial score (nSPS) is 17.4. The monoisotopic (exact) mass is 264 g/mol. The first-order valence-electron chi connectivity index (χ1n) is 6.86. The van der Waals surface area contributed by atoms with E-state index in [4.69, 9.17) is 0 Å². The van der Waals surface area contributed by atoms with Crippen LogP contribution in [-0.2, 0) is 0 Å². The highest BCUT2D eigenvalue weighted by molar-refractivity contribution is 5.84. The molecule has 1 saturated heterocycles. The van der Waals surface area contributed by atoms with Gasteiger partial charge in [0, 0.05) is 31.7 Å². The summed E-state index contributed by atoms with van der Waals surface area (Å²) >= 11 is 0. The number of nitrogens with zero attached hydrogens (tertiary/aromatic N) is 2. The molecule has 1 aliphatic heterocycles. The number of hydrogen-bond acceptors (Lipinski definition) is 3. The molecule has 0 amide bonds. The van der Waals surface area contributed by atoms with Crippen LogP contribution in [0, 0.1) is 5.82 Å². The molecule has 0 saturated carbocycles. The molecule has 1 heterocycles. The van der Waals surface area contributed by atoms with Crippen LogP contribution in [0.3, 0.4) is 0 Å². The Hall–Kier alpha value is -1.42. The molecule has 4 heteroatoms. The third-order valence-electron chi connectivity index (χ3n) is 4.05. The van der Waals surface area contributed by atoms with Gasteiger partial charge in [0.15, 0.2) is 6.29 Å². The third-order valence-corrected chi connectivity index (χ3v) is 4.05. The van der Waals surface area contributed by atoms with Crippen molar-refractivity contribution >= 4 is 12.0 Å². The third kappa shape index (κ3) is 2.95. The lowest BCUT2D eigenvalue weighted by molar-refractivity contribution is 0.112. The first-order chi connectivity index (χ1) is 9.17. The summed E-state index contributed by atoms with van der Waals surface area (Å²) in [6.45, 7) is 5.30. The Balaban J connectivity index is 2.16. The van der Waals surface area contributed by atoms with Gasteiger partial charge in [0.1, 0.15) is 5.82 Å². The number of aldehydes is 1. The molecule has 3 nitrogen and oxygen atoms in total. The Morgan fingerprint density at radius 1 is 1.42 bits per heavy atom. The Bertz CT molecular complexity index is 442. The van der Waals surface area contributed by atoms with Crippen molar-refractivity contribution in [2.75, 3.05) is 31.6 Å². The van der Waals surface area contributed by atoms with E-state index in [1.807, 2.05) is 11.9 Å². The van der Waals surface area contributed by atoms with Crippen molar-refractivity contribution in [1.29, 1.82) is 0 Å². The van der Waals surface area contributed by atoms with Crippen molar-refractivity contribution < 1.29 is 9.18 Å². The Labute approximate surface area is 114 Å². The fourth-order valence-corrected chi connectivity index (χ4v) is 2.80. The van der Waals surface area contributed by atoms with Crippen molar-refractivity contribution in [2.45, 2.75) is 25.8 Å². The quantitative estimate of drug-likeness (QED) is 0.781. The lowest BCUT2D eigenvalue weighted by Gasteiger charge is -2.37. The lowest BCUT2D eigenvalue weighted by Crippen LogP contribution is -2.43. The molecule has 1 aliphatic rings. The average Bonchev–Trinajstić information content (AvgIpc) is 2.46. The van der Waals surface area contributed by atoms with Crippen LogP contribution >= 0.6 is 0 Å². The number of hydrogen-bond donors (Lipinski definition) is 0. The number of benzene rings is 1. The number of likely N-dealkylation sites (tertiary alicyclic amines) is 1. The molecule has 1 fully saturated rings. The molecule has 2 rings (SSSR count). The van der Waals surface area contributed by atoms with Gasteiger partial charge in [0.05, 0.1) is 5.69 Å². The van der Waals surface area contributed by atoms with Gasteiger partial charge in [0.25, 0.3) is 0 Å². The highest BCUT2D eigenvalue weighted by Gasteiger charge is 2.24. The average molecular weight is 264 g/mol. The second-order valence-electron chi connectivity index (χ2n) is 5.07. The van der Waals surface area contributed by atoms with E-state index in [2.05, 4.69) is 11.8 Å². The van der Waals surface area contributed by atoms with E-state index in [9.17, 15) is 9.18 Å². The van der Waals surface area contributed by atoms with Crippen LogP contribution in [0.5, 0.6) is 0 Å². The molecule has 0 radical (unpaired) electrons. The number of carbonyl (C=O) groups is 1. The van der Waals surface area contributed by atoms with Gasteiger partial charge in [-0.2, -0.15) is 0 Å². The second-order valence-corrected chi connectivity index (χ2v) is 5.07. The highest BCUT2D eigenvalue weighted by Crippen LogP contribution is 2.27. The number of rotatable bonds is 4.